The number of aromatic nitrogens is 1. The van der Waals surface area contributed by atoms with Crippen LogP contribution in [-0.2, 0) is 4.79 Å². The van der Waals surface area contributed by atoms with Crippen LogP contribution in [0.15, 0.2) is 16.5 Å². The number of thioether (sulfide) groups is 1. The number of thiazole rings is 1. The van der Waals surface area contributed by atoms with Crippen molar-refractivity contribution in [2.24, 2.45) is 0 Å². The Hall–Kier alpha value is -0.720. The molecule has 0 bridgehead atoms. The van der Waals surface area contributed by atoms with E-state index in [1.54, 1.807) is 19.3 Å². The van der Waals surface area contributed by atoms with Crippen LogP contribution in [0, 0.1) is 0 Å². The molecule has 6 heteroatoms. The first kappa shape index (κ1) is 9.82. The molecule has 1 fully saturated rings. The van der Waals surface area contributed by atoms with Crippen LogP contribution in [0.3, 0.4) is 0 Å². The summed E-state index contributed by atoms with van der Waals surface area (Å²) in [7, 11) is 1.68. The molecule has 0 atom stereocenters. The molecule has 1 aliphatic rings. The summed E-state index contributed by atoms with van der Waals surface area (Å²) in [6, 6.07) is 0. The standard InChI is InChI=1S/C8H6N2OS3/c1-10-7(11)5(14-8(10)12)4-6-9-2-3-13-6/h2-4H,1H3. The summed E-state index contributed by atoms with van der Waals surface area (Å²) in [6.07, 6.45) is 3.48. The minimum atomic E-state index is -0.0461. The second-order valence-electron chi connectivity index (χ2n) is 2.61. The summed E-state index contributed by atoms with van der Waals surface area (Å²) < 4.78 is 0.595. The van der Waals surface area contributed by atoms with Crippen LogP contribution in [0.2, 0.25) is 0 Å². The van der Waals surface area contributed by atoms with Gasteiger partial charge in [0.25, 0.3) is 5.91 Å². The van der Waals surface area contributed by atoms with Gasteiger partial charge in [-0.25, -0.2) is 4.98 Å². The second-order valence-corrected chi connectivity index (χ2v) is 5.21. The predicted molar refractivity (Wildman–Crippen MR) is 63.1 cm³/mol. The van der Waals surface area contributed by atoms with E-state index in [1.807, 2.05) is 5.38 Å². The molecule has 72 valence electrons. The number of carbonyl (C=O) groups is 1. The highest BCUT2D eigenvalue weighted by molar-refractivity contribution is 8.26. The van der Waals surface area contributed by atoms with Crippen molar-refractivity contribution < 1.29 is 4.79 Å². The average Bonchev–Trinajstić information content (AvgIpc) is 2.73. The maximum Gasteiger partial charge on any atom is 0.266 e. The Morgan fingerprint density at radius 2 is 2.43 bits per heavy atom. The molecule has 0 aliphatic carbocycles. The SMILES string of the molecule is CN1C(=O)C(=Cc2nccs2)SC1=S. The Balaban J connectivity index is 2.29. The molecule has 1 aromatic rings. The van der Waals surface area contributed by atoms with Gasteiger partial charge in [-0.2, -0.15) is 0 Å². The van der Waals surface area contributed by atoms with Crippen molar-refractivity contribution in [1.82, 2.24) is 9.88 Å². The van der Waals surface area contributed by atoms with Crippen molar-refractivity contribution in [2.45, 2.75) is 0 Å². The lowest BCUT2D eigenvalue weighted by Gasteiger charge is -2.03. The van der Waals surface area contributed by atoms with Gasteiger partial charge in [-0.1, -0.05) is 24.0 Å². The van der Waals surface area contributed by atoms with E-state index in [2.05, 4.69) is 4.98 Å². The van der Waals surface area contributed by atoms with E-state index in [-0.39, 0.29) is 5.91 Å². The number of hydrogen-bond acceptors (Lipinski definition) is 5. The van der Waals surface area contributed by atoms with E-state index in [9.17, 15) is 4.79 Å². The second kappa shape index (κ2) is 3.80. The first-order valence-corrected chi connectivity index (χ1v) is 5.90. The molecular formula is C8H6N2OS3. The first-order chi connectivity index (χ1) is 6.68. The summed E-state index contributed by atoms with van der Waals surface area (Å²) in [5, 5.41) is 2.71. The number of hydrogen-bond donors (Lipinski definition) is 0. The van der Waals surface area contributed by atoms with Crippen molar-refractivity contribution in [1.29, 1.82) is 0 Å². The number of nitrogens with zero attached hydrogens (tertiary/aromatic N) is 2. The minimum Gasteiger partial charge on any atom is -0.296 e. The van der Waals surface area contributed by atoms with E-state index in [1.165, 1.54) is 28.0 Å². The third-order valence-electron chi connectivity index (χ3n) is 1.69. The van der Waals surface area contributed by atoms with Gasteiger partial charge in [0, 0.05) is 18.6 Å². The molecule has 0 N–H and O–H groups in total. The maximum absolute atomic E-state index is 11.6. The van der Waals surface area contributed by atoms with Gasteiger partial charge < -0.3 is 0 Å². The average molecular weight is 242 g/mol. The lowest BCUT2D eigenvalue weighted by Crippen LogP contribution is -2.22. The fraction of sp³-hybridized carbons (Fsp3) is 0.125. The third-order valence-corrected chi connectivity index (χ3v) is 3.90. The summed E-state index contributed by atoms with van der Waals surface area (Å²) >= 11 is 7.82. The van der Waals surface area contributed by atoms with Crippen molar-refractivity contribution >= 4 is 51.6 Å². The molecule has 2 rings (SSSR count). The van der Waals surface area contributed by atoms with Crippen LogP contribution >= 0.6 is 35.3 Å². The molecule has 0 saturated carbocycles. The molecule has 14 heavy (non-hydrogen) atoms. The summed E-state index contributed by atoms with van der Waals surface area (Å²) in [4.78, 5) is 17.8. The molecular weight excluding hydrogens is 236 g/mol. The highest BCUT2D eigenvalue weighted by atomic mass is 32.2. The number of rotatable bonds is 1. The Labute approximate surface area is 94.8 Å². The van der Waals surface area contributed by atoms with E-state index in [0.29, 0.717) is 9.23 Å². The highest BCUT2D eigenvalue weighted by Crippen LogP contribution is 2.31. The van der Waals surface area contributed by atoms with Gasteiger partial charge in [-0.3, -0.25) is 9.69 Å². The van der Waals surface area contributed by atoms with Gasteiger partial charge in [0.05, 0.1) is 4.91 Å². The summed E-state index contributed by atoms with van der Waals surface area (Å²) in [6.45, 7) is 0. The third kappa shape index (κ3) is 1.73. The Kier molecular flexibility index (Phi) is 2.66. The van der Waals surface area contributed by atoms with Crippen LogP contribution in [0.5, 0.6) is 0 Å². The normalized spacial score (nSPS) is 19.8. The van der Waals surface area contributed by atoms with E-state index in [4.69, 9.17) is 12.2 Å². The van der Waals surface area contributed by atoms with Gasteiger partial charge in [-0.05, 0) is 6.08 Å². The largest absolute Gasteiger partial charge is 0.296 e. The molecule has 1 aliphatic heterocycles. The van der Waals surface area contributed by atoms with E-state index in [0.717, 1.165) is 5.01 Å². The summed E-state index contributed by atoms with van der Waals surface area (Å²) in [5.41, 5.74) is 0. The summed E-state index contributed by atoms with van der Waals surface area (Å²) in [5.74, 6) is -0.0461. The van der Waals surface area contributed by atoms with Gasteiger partial charge in [0.1, 0.15) is 9.33 Å². The van der Waals surface area contributed by atoms with Crippen LogP contribution in [0.1, 0.15) is 5.01 Å². The number of thiocarbonyl (C=S) groups is 1. The van der Waals surface area contributed by atoms with Crippen molar-refractivity contribution in [3.8, 4) is 0 Å². The Bertz CT molecular complexity index is 410. The van der Waals surface area contributed by atoms with E-state index >= 15 is 0 Å². The molecule has 0 aromatic carbocycles. The number of amides is 1. The van der Waals surface area contributed by atoms with Crippen LogP contribution in [0.25, 0.3) is 6.08 Å². The molecule has 1 aromatic heterocycles. The Morgan fingerprint density at radius 3 is 2.93 bits per heavy atom. The zero-order valence-corrected chi connectivity index (χ0v) is 9.71. The molecule has 0 spiro atoms. The van der Waals surface area contributed by atoms with Crippen molar-refractivity contribution in [3.63, 3.8) is 0 Å². The van der Waals surface area contributed by atoms with Gasteiger partial charge >= 0.3 is 0 Å². The number of likely N-dealkylation sites (N-methyl/N-ethyl adjacent to an activating group) is 1. The molecule has 0 radical (unpaired) electrons. The van der Waals surface area contributed by atoms with Crippen LogP contribution in [0.4, 0.5) is 0 Å². The molecule has 2 heterocycles. The molecule has 1 amide bonds. The van der Waals surface area contributed by atoms with Crippen LogP contribution in [-0.4, -0.2) is 27.2 Å². The fourth-order valence-corrected chi connectivity index (χ4v) is 2.76. The highest BCUT2D eigenvalue weighted by Gasteiger charge is 2.28. The lowest BCUT2D eigenvalue weighted by molar-refractivity contribution is -0.121. The van der Waals surface area contributed by atoms with Gasteiger partial charge in [0.2, 0.25) is 0 Å². The topological polar surface area (TPSA) is 33.2 Å². The van der Waals surface area contributed by atoms with Gasteiger partial charge in [0.15, 0.2) is 0 Å². The molecule has 0 unspecified atom stereocenters. The van der Waals surface area contributed by atoms with Gasteiger partial charge in [-0.15, -0.1) is 11.3 Å². The van der Waals surface area contributed by atoms with Crippen molar-refractivity contribution in [3.05, 3.63) is 21.5 Å². The lowest BCUT2D eigenvalue weighted by atomic mass is 10.4. The maximum atomic E-state index is 11.6. The smallest absolute Gasteiger partial charge is 0.266 e. The van der Waals surface area contributed by atoms with Crippen LogP contribution < -0.4 is 0 Å². The molecule has 1 saturated heterocycles. The van der Waals surface area contributed by atoms with E-state index < -0.39 is 0 Å². The minimum absolute atomic E-state index is 0.0461. The van der Waals surface area contributed by atoms with Crippen molar-refractivity contribution in [2.75, 3.05) is 7.05 Å². The fourth-order valence-electron chi connectivity index (χ4n) is 0.963. The quantitative estimate of drug-likeness (QED) is 0.557. The predicted octanol–water partition coefficient (Wildman–Crippen LogP) is 1.97. The number of carbonyl (C=O) groups excluding carboxylic acids is 1. The first-order valence-electron chi connectivity index (χ1n) is 3.79. The zero-order valence-electron chi connectivity index (χ0n) is 7.26. The zero-order chi connectivity index (χ0) is 10.1. The Morgan fingerprint density at radius 1 is 1.64 bits per heavy atom. The monoisotopic (exact) mass is 242 g/mol. The molecule has 3 nitrogen and oxygen atoms in total.